The fourth-order valence-corrected chi connectivity index (χ4v) is 3.96. The fourth-order valence-electron chi connectivity index (χ4n) is 3.87. The molecule has 2 aromatic carbocycles. The molecule has 184 valence electrons. The van der Waals surface area contributed by atoms with Gasteiger partial charge in [0.2, 0.25) is 0 Å². The molecule has 1 aliphatic rings. The number of nitrogens with one attached hydrogen (secondary N) is 1. The maximum Gasteiger partial charge on any atom is 0.284 e. The van der Waals surface area contributed by atoms with E-state index in [2.05, 4.69) is 27.4 Å². The molecule has 0 bridgehead atoms. The number of aromatic nitrogens is 2. The van der Waals surface area contributed by atoms with Gasteiger partial charge in [-0.25, -0.2) is 0 Å². The van der Waals surface area contributed by atoms with Crippen LogP contribution < -0.4 is 20.3 Å². The molecular weight excluding hydrogens is 470 g/mol. The molecule has 9 nitrogen and oxygen atoms in total. The van der Waals surface area contributed by atoms with E-state index in [4.69, 9.17) is 21.3 Å². The second-order valence-electron chi connectivity index (χ2n) is 8.21. The van der Waals surface area contributed by atoms with Crippen LogP contribution in [0.15, 0.2) is 65.6 Å². The number of ether oxygens (including phenoxy) is 2. The Morgan fingerprint density at radius 1 is 1.03 bits per heavy atom. The van der Waals surface area contributed by atoms with Crippen LogP contribution in [0.2, 0.25) is 0 Å². The van der Waals surface area contributed by atoms with Crippen LogP contribution in [-0.2, 0) is 17.9 Å². The molecule has 0 atom stereocenters. The number of nitrogens with zero attached hydrogens (tertiary/aromatic N) is 4. The van der Waals surface area contributed by atoms with Crippen molar-refractivity contribution in [3.8, 4) is 11.5 Å². The Morgan fingerprint density at radius 2 is 1.80 bits per heavy atom. The van der Waals surface area contributed by atoms with E-state index < -0.39 is 5.56 Å². The van der Waals surface area contributed by atoms with Crippen molar-refractivity contribution in [3.05, 3.63) is 82.3 Å². The van der Waals surface area contributed by atoms with Gasteiger partial charge >= 0.3 is 0 Å². The van der Waals surface area contributed by atoms with Crippen molar-refractivity contribution < 1.29 is 14.3 Å². The summed E-state index contributed by atoms with van der Waals surface area (Å²) in [4.78, 5) is 28.6. The zero-order valence-corrected chi connectivity index (χ0v) is 20.3. The molecule has 2 heterocycles. The summed E-state index contributed by atoms with van der Waals surface area (Å²) in [6, 6.07) is 17.2. The van der Waals surface area contributed by atoms with Crippen molar-refractivity contribution in [2.75, 3.05) is 45.2 Å². The highest BCUT2D eigenvalue weighted by Crippen LogP contribution is 2.28. The highest BCUT2D eigenvalue weighted by Gasteiger charge is 2.22. The highest BCUT2D eigenvalue weighted by molar-refractivity contribution is 6.14. The number of carbonyl (C=O) groups is 1. The van der Waals surface area contributed by atoms with Crippen molar-refractivity contribution in [1.29, 1.82) is 0 Å². The predicted molar refractivity (Wildman–Crippen MR) is 134 cm³/mol. The number of hydrogen-bond donors (Lipinski definition) is 1. The van der Waals surface area contributed by atoms with Gasteiger partial charge in [0.25, 0.3) is 11.5 Å². The summed E-state index contributed by atoms with van der Waals surface area (Å²) in [6.45, 7) is 4.24. The summed E-state index contributed by atoms with van der Waals surface area (Å²) in [7, 11) is 1.56. The summed E-state index contributed by atoms with van der Waals surface area (Å²) in [6.07, 6.45) is 1.47. The van der Waals surface area contributed by atoms with E-state index in [0.717, 1.165) is 29.4 Å². The molecule has 1 amide bonds. The van der Waals surface area contributed by atoms with E-state index in [1.807, 2.05) is 35.2 Å². The Kier molecular flexibility index (Phi) is 8.23. The molecule has 0 unspecified atom stereocenters. The molecule has 1 aliphatic heterocycles. The number of hydrogen-bond acceptors (Lipinski definition) is 7. The summed E-state index contributed by atoms with van der Waals surface area (Å²) in [5, 5.41) is 6.89. The van der Waals surface area contributed by atoms with Crippen LogP contribution in [0.4, 0.5) is 5.69 Å². The van der Waals surface area contributed by atoms with Gasteiger partial charge in [0.15, 0.2) is 18.1 Å². The van der Waals surface area contributed by atoms with Gasteiger partial charge in [0.05, 0.1) is 19.0 Å². The van der Waals surface area contributed by atoms with Crippen molar-refractivity contribution in [1.82, 2.24) is 19.1 Å². The van der Waals surface area contributed by atoms with Crippen molar-refractivity contribution in [3.63, 3.8) is 0 Å². The Bertz CT molecular complexity index is 1200. The number of methoxy groups -OCH3 is 1. The first-order valence-corrected chi connectivity index (χ1v) is 11.7. The molecular formula is C25H28ClN5O4. The second-order valence-corrected chi connectivity index (χ2v) is 8.53. The van der Waals surface area contributed by atoms with Gasteiger partial charge in [-0.05, 0) is 23.3 Å². The number of amides is 1. The van der Waals surface area contributed by atoms with Gasteiger partial charge < -0.3 is 19.7 Å². The quantitative estimate of drug-likeness (QED) is 0.486. The number of rotatable bonds is 9. The topological polar surface area (TPSA) is 88.9 Å². The lowest BCUT2D eigenvalue weighted by Gasteiger charge is -2.34. The van der Waals surface area contributed by atoms with E-state index in [9.17, 15) is 9.59 Å². The van der Waals surface area contributed by atoms with Crippen LogP contribution in [-0.4, -0.2) is 64.9 Å². The number of benzene rings is 2. The smallest absolute Gasteiger partial charge is 0.284 e. The zero-order chi connectivity index (χ0) is 24.6. The van der Waals surface area contributed by atoms with Gasteiger partial charge in [0.1, 0.15) is 0 Å². The predicted octanol–water partition coefficient (Wildman–Crippen LogP) is 2.59. The third-order valence-electron chi connectivity index (χ3n) is 5.81. The average Bonchev–Trinajstić information content (AvgIpc) is 2.89. The molecule has 35 heavy (non-hydrogen) atoms. The van der Waals surface area contributed by atoms with Crippen LogP contribution in [0.3, 0.4) is 0 Å². The second kappa shape index (κ2) is 11.7. The Labute approximate surface area is 208 Å². The number of anilines is 1. The first kappa shape index (κ1) is 24.6. The van der Waals surface area contributed by atoms with Crippen LogP contribution in [0.5, 0.6) is 11.5 Å². The minimum Gasteiger partial charge on any atom is -0.493 e. The summed E-state index contributed by atoms with van der Waals surface area (Å²) in [5.74, 6) is 0.973. The Hall–Kier alpha value is -3.56. The first-order valence-electron chi connectivity index (χ1n) is 11.3. The number of piperazine rings is 1. The third kappa shape index (κ3) is 6.74. The van der Waals surface area contributed by atoms with E-state index in [0.29, 0.717) is 36.8 Å². The standard InChI is InChI=1S/C25H28ClN5O4/c1-34-22-8-7-20(15-27-21-14-24(32)31(26)28-16-21)13-23(22)35-18-25(33)30-11-9-29(10-12-30)17-19-5-3-2-4-6-19/h2-8,13-14,16,27H,9-12,15,17-18H2,1H3. The zero-order valence-electron chi connectivity index (χ0n) is 19.5. The third-order valence-corrected chi connectivity index (χ3v) is 6.06. The van der Waals surface area contributed by atoms with Crippen molar-refractivity contribution in [2.24, 2.45) is 0 Å². The lowest BCUT2D eigenvalue weighted by Crippen LogP contribution is -2.49. The molecule has 1 fully saturated rings. The van der Waals surface area contributed by atoms with E-state index in [1.54, 1.807) is 13.2 Å². The number of carbonyl (C=O) groups excluding carboxylic acids is 1. The summed E-state index contributed by atoms with van der Waals surface area (Å²) >= 11 is 5.61. The van der Waals surface area contributed by atoms with Gasteiger partial charge in [-0.2, -0.15) is 5.10 Å². The summed E-state index contributed by atoms with van der Waals surface area (Å²) in [5.41, 5.74) is 2.29. The average molecular weight is 498 g/mol. The van der Waals surface area contributed by atoms with Gasteiger partial charge in [0, 0.05) is 57.1 Å². The van der Waals surface area contributed by atoms with Crippen LogP contribution in [0.25, 0.3) is 0 Å². The largest absolute Gasteiger partial charge is 0.493 e. The van der Waals surface area contributed by atoms with Gasteiger partial charge in [-0.15, -0.1) is 4.20 Å². The molecule has 1 aromatic heterocycles. The maximum absolute atomic E-state index is 12.8. The van der Waals surface area contributed by atoms with E-state index in [1.165, 1.54) is 17.8 Å². The first-order chi connectivity index (χ1) is 17.0. The highest BCUT2D eigenvalue weighted by atomic mass is 35.5. The maximum atomic E-state index is 12.8. The SMILES string of the molecule is COc1ccc(CNc2cnn(Cl)c(=O)c2)cc1OCC(=O)N1CCN(Cc2ccccc2)CC1. The molecule has 1 saturated heterocycles. The monoisotopic (exact) mass is 497 g/mol. The van der Waals surface area contributed by atoms with E-state index in [-0.39, 0.29) is 12.5 Å². The van der Waals surface area contributed by atoms with Gasteiger partial charge in [-0.3, -0.25) is 14.5 Å². The molecule has 0 aliphatic carbocycles. The fraction of sp³-hybridized carbons (Fsp3) is 0.320. The van der Waals surface area contributed by atoms with Crippen LogP contribution in [0.1, 0.15) is 11.1 Å². The molecule has 0 spiro atoms. The van der Waals surface area contributed by atoms with Crippen molar-refractivity contribution in [2.45, 2.75) is 13.1 Å². The van der Waals surface area contributed by atoms with E-state index >= 15 is 0 Å². The molecule has 4 rings (SSSR count). The Balaban J connectivity index is 1.29. The molecule has 1 N–H and O–H groups in total. The normalized spacial score (nSPS) is 13.9. The summed E-state index contributed by atoms with van der Waals surface area (Å²) < 4.78 is 12.0. The Morgan fingerprint density at radius 3 is 2.51 bits per heavy atom. The number of halogens is 1. The lowest BCUT2D eigenvalue weighted by molar-refractivity contribution is -0.135. The minimum absolute atomic E-state index is 0.0531. The van der Waals surface area contributed by atoms with Gasteiger partial charge in [-0.1, -0.05) is 36.4 Å². The minimum atomic E-state index is -0.421. The molecule has 10 heteroatoms. The lowest BCUT2D eigenvalue weighted by atomic mass is 10.2. The molecule has 3 aromatic rings. The van der Waals surface area contributed by atoms with Crippen LogP contribution in [0, 0.1) is 0 Å². The molecule has 0 radical (unpaired) electrons. The van der Waals surface area contributed by atoms with Crippen LogP contribution >= 0.6 is 11.8 Å². The molecule has 0 saturated carbocycles. The van der Waals surface area contributed by atoms with Crippen molar-refractivity contribution >= 4 is 23.4 Å².